The van der Waals surface area contributed by atoms with Gasteiger partial charge in [0, 0.05) is 38.1 Å². The number of hydrogen-bond acceptors (Lipinski definition) is 4. The van der Waals surface area contributed by atoms with E-state index in [0.29, 0.717) is 0 Å². The summed E-state index contributed by atoms with van der Waals surface area (Å²) in [6, 6.07) is 32.0. The number of amides is 1. The van der Waals surface area contributed by atoms with Crippen LogP contribution in [0, 0.1) is 11.8 Å². The number of likely N-dealkylation sites (tertiary alicyclic amines) is 2. The van der Waals surface area contributed by atoms with Gasteiger partial charge in [-0.1, -0.05) is 110 Å². The molecule has 218 valence electrons. The maximum atomic E-state index is 12.1. The van der Waals surface area contributed by atoms with Crippen LogP contribution in [0.1, 0.15) is 67.7 Å². The molecule has 3 aromatic carbocycles. The van der Waals surface area contributed by atoms with Gasteiger partial charge in [0.25, 0.3) is 0 Å². The summed E-state index contributed by atoms with van der Waals surface area (Å²) in [7, 11) is 0. The molecule has 2 heterocycles. The van der Waals surface area contributed by atoms with Crippen molar-refractivity contribution in [3.63, 3.8) is 0 Å². The third kappa shape index (κ3) is 8.51. The molecule has 2 aliphatic heterocycles. The van der Waals surface area contributed by atoms with Crippen molar-refractivity contribution in [3.05, 3.63) is 108 Å². The van der Waals surface area contributed by atoms with Gasteiger partial charge in [0.05, 0.1) is 12.6 Å². The molecule has 5 nitrogen and oxygen atoms in total. The number of benzene rings is 3. The number of hydrogen-bond donors (Lipinski definition) is 2. The molecule has 1 amide bonds. The number of nitrogens with one attached hydrogen (secondary N) is 1. The zero-order valence-electron chi connectivity index (χ0n) is 24.4. The maximum absolute atomic E-state index is 12.1. The van der Waals surface area contributed by atoms with Gasteiger partial charge in [0.2, 0.25) is 5.91 Å². The molecule has 0 spiro atoms. The van der Waals surface area contributed by atoms with Crippen molar-refractivity contribution in [1.29, 1.82) is 0 Å². The Morgan fingerprint density at radius 1 is 0.756 bits per heavy atom. The molecule has 3 aromatic rings. The molecule has 2 N–H and O–H groups in total. The summed E-state index contributed by atoms with van der Waals surface area (Å²) < 4.78 is 0. The maximum Gasteiger partial charge on any atom is 0.223 e. The molecular formula is C36H47N3O2. The smallest absolute Gasteiger partial charge is 0.223 e. The molecule has 0 aromatic heterocycles. The van der Waals surface area contributed by atoms with Gasteiger partial charge in [-0.2, -0.15) is 0 Å². The van der Waals surface area contributed by atoms with Crippen molar-refractivity contribution < 1.29 is 9.90 Å². The molecule has 5 heteroatoms. The summed E-state index contributed by atoms with van der Waals surface area (Å²) in [6.07, 6.45) is 8.26. The highest BCUT2D eigenvalue weighted by molar-refractivity contribution is 5.79. The first-order valence-electron chi connectivity index (χ1n) is 15.7. The summed E-state index contributed by atoms with van der Waals surface area (Å²) in [5, 5.41) is 12.4. The van der Waals surface area contributed by atoms with E-state index >= 15 is 0 Å². The van der Waals surface area contributed by atoms with E-state index in [1.54, 1.807) is 0 Å². The molecular weight excluding hydrogens is 506 g/mol. The monoisotopic (exact) mass is 553 g/mol. The van der Waals surface area contributed by atoms with E-state index < -0.39 is 0 Å². The summed E-state index contributed by atoms with van der Waals surface area (Å²) in [6.45, 7) is 5.92. The van der Waals surface area contributed by atoms with E-state index in [0.717, 1.165) is 56.3 Å². The van der Waals surface area contributed by atoms with E-state index in [1.807, 2.05) is 30.3 Å². The zero-order valence-corrected chi connectivity index (χ0v) is 24.4. The van der Waals surface area contributed by atoms with Crippen LogP contribution < -0.4 is 5.32 Å². The minimum atomic E-state index is -0.277. The van der Waals surface area contributed by atoms with Crippen LogP contribution in [0.4, 0.5) is 0 Å². The number of carbonyl (C=O) groups is 1. The molecule has 3 aliphatic rings. The Morgan fingerprint density at radius 2 is 1.37 bits per heavy atom. The average Bonchev–Trinajstić information content (AvgIpc) is 3.45. The fraction of sp³-hybridized carbons (Fsp3) is 0.472. The molecule has 2 saturated heterocycles. The van der Waals surface area contributed by atoms with Crippen molar-refractivity contribution in [1.82, 2.24) is 15.1 Å². The van der Waals surface area contributed by atoms with Crippen LogP contribution in [0.5, 0.6) is 0 Å². The lowest BCUT2D eigenvalue weighted by molar-refractivity contribution is -0.127. The number of aliphatic hydroxyl groups is 1. The molecule has 2 unspecified atom stereocenters. The molecule has 41 heavy (non-hydrogen) atoms. The Morgan fingerprint density at radius 3 is 2.00 bits per heavy atom. The molecule has 0 bridgehead atoms. The lowest BCUT2D eigenvalue weighted by Crippen LogP contribution is -2.44. The Bertz CT molecular complexity index is 1170. The Kier molecular flexibility index (Phi) is 11.0. The van der Waals surface area contributed by atoms with Crippen LogP contribution in [-0.4, -0.2) is 53.1 Å². The summed E-state index contributed by atoms with van der Waals surface area (Å²) in [4.78, 5) is 17.5. The van der Waals surface area contributed by atoms with E-state index in [1.165, 1.54) is 50.0 Å². The number of fused-ring (bicyclic) bond motifs is 1. The fourth-order valence-electron chi connectivity index (χ4n) is 6.92. The molecule has 0 radical (unpaired) electrons. The van der Waals surface area contributed by atoms with Crippen molar-refractivity contribution in [2.24, 2.45) is 11.8 Å². The van der Waals surface area contributed by atoms with Crippen LogP contribution >= 0.6 is 0 Å². The second-order valence-electron chi connectivity index (χ2n) is 12.1. The van der Waals surface area contributed by atoms with Gasteiger partial charge in [-0.05, 0) is 54.8 Å². The third-order valence-corrected chi connectivity index (χ3v) is 9.13. The van der Waals surface area contributed by atoms with Crippen molar-refractivity contribution in [3.8, 4) is 0 Å². The van der Waals surface area contributed by atoms with Crippen molar-refractivity contribution >= 4 is 5.91 Å². The number of rotatable bonds is 8. The number of nitrogens with zero attached hydrogens (tertiary/aromatic N) is 2. The van der Waals surface area contributed by atoms with Crippen molar-refractivity contribution in [2.45, 2.75) is 70.1 Å². The zero-order chi connectivity index (χ0) is 28.3. The predicted octanol–water partition coefficient (Wildman–Crippen LogP) is 6.20. The first kappa shape index (κ1) is 29.5. The second kappa shape index (κ2) is 15.3. The Labute approximate surface area is 246 Å². The molecule has 3 atom stereocenters. The van der Waals surface area contributed by atoms with Gasteiger partial charge in [-0.25, -0.2) is 0 Å². The topological polar surface area (TPSA) is 55.8 Å². The quantitative estimate of drug-likeness (QED) is 0.349. The van der Waals surface area contributed by atoms with E-state index in [-0.39, 0.29) is 24.5 Å². The minimum absolute atomic E-state index is 0.0531. The Balaban J connectivity index is 0.000000170. The van der Waals surface area contributed by atoms with Crippen LogP contribution in [0.2, 0.25) is 0 Å². The third-order valence-electron chi connectivity index (χ3n) is 9.13. The van der Waals surface area contributed by atoms with Gasteiger partial charge in [0.15, 0.2) is 0 Å². The normalized spacial score (nSPS) is 22.3. The van der Waals surface area contributed by atoms with Gasteiger partial charge < -0.3 is 10.4 Å². The summed E-state index contributed by atoms with van der Waals surface area (Å²) >= 11 is 0. The minimum Gasteiger partial charge on any atom is -0.394 e. The lowest BCUT2D eigenvalue weighted by atomic mass is 9.88. The summed E-state index contributed by atoms with van der Waals surface area (Å²) in [5.74, 6) is 1.09. The van der Waals surface area contributed by atoms with E-state index in [2.05, 4.69) is 75.8 Å². The second-order valence-corrected chi connectivity index (χ2v) is 12.1. The van der Waals surface area contributed by atoms with E-state index in [4.69, 9.17) is 0 Å². The molecule has 1 saturated carbocycles. The highest BCUT2D eigenvalue weighted by atomic mass is 16.3. The highest BCUT2D eigenvalue weighted by Crippen LogP contribution is 2.32. The van der Waals surface area contributed by atoms with Crippen LogP contribution in [0.25, 0.3) is 0 Å². The molecule has 1 aliphatic carbocycles. The number of carbonyl (C=O) groups excluding carboxylic acids is 1. The first-order valence-corrected chi connectivity index (χ1v) is 15.7. The van der Waals surface area contributed by atoms with Gasteiger partial charge in [0.1, 0.15) is 0 Å². The SMILES string of the molecule is O=C(N[C@@H](CO)c1ccccc1)C1CCCCC1.c1ccc(CN2CC3CCCN(Cc4ccccc4)C3C2)cc1. The average molecular weight is 554 g/mol. The van der Waals surface area contributed by atoms with Crippen LogP contribution in [0.3, 0.4) is 0 Å². The largest absolute Gasteiger partial charge is 0.394 e. The first-order chi connectivity index (χ1) is 20.2. The van der Waals surface area contributed by atoms with E-state index in [9.17, 15) is 9.90 Å². The van der Waals surface area contributed by atoms with Crippen LogP contribution in [0.15, 0.2) is 91.0 Å². The van der Waals surface area contributed by atoms with Gasteiger partial charge >= 0.3 is 0 Å². The number of aliphatic hydroxyl groups excluding tert-OH is 1. The Hall–Kier alpha value is -2.99. The molecule has 3 fully saturated rings. The van der Waals surface area contributed by atoms with Crippen LogP contribution in [-0.2, 0) is 17.9 Å². The summed E-state index contributed by atoms with van der Waals surface area (Å²) in [5.41, 5.74) is 3.86. The predicted molar refractivity (Wildman–Crippen MR) is 166 cm³/mol. The fourth-order valence-corrected chi connectivity index (χ4v) is 6.92. The lowest BCUT2D eigenvalue weighted by Gasteiger charge is -2.37. The van der Waals surface area contributed by atoms with Gasteiger partial charge in [-0.15, -0.1) is 0 Å². The van der Waals surface area contributed by atoms with Gasteiger partial charge in [-0.3, -0.25) is 14.6 Å². The number of piperidine rings is 1. The standard InChI is InChI=1S/C21H26N2.C15H21NO2/c1-3-8-18(9-4-1)14-22-16-20-12-7-13-23(21(20)17-22)15-19-10-5-2-6-11-19;17-11-14(12-7-3-1-4-8-12)16-15(18)13-9-5-2-6-10-13/h1-6,8-11,20-21H,7,12-17H2;1,3-4,7-8,13-14,17H,2,5-6,9-11H2,(H,16,18)/t;14-/m.0/s1. The molecule has 6 rings (SSSR count). The van der Waals surface area contributed by atoms with Crippen molar-refractivity contribution in [2.75, 3.05) is 26.2 Å². The highest BCUT2D eigenvalue weighted by Gasteiger charge is 2.38.